The van der Waals surface area contributed by atoms with Gasteiger partial charge in [0.15, 0.2) is 0 Å². The molecule has 0 fully saturated rings. The molecule has 1 aliphatic rings. The number of hydrogen-bond acceptors (Lipinski definition) is 2. The Labute approximate surface area is 152 Å². The van der Waals surface area contributed by atoms with Gasteiger partial charge in [-0.05, 0) is 59.2 Å². The maximum atomic E-state index is 6.07. The Hall–Kier alpha value is -1.29. The van der Waals surface area contributed by atoms with Crippen molar-refractivity contribution in [2.24, 2.45) is 0 Å². The molecule has 0 amide bonds. The highest BCUT2D eigenvalue weighted by atomic mass is 79.9. The molecular formula is C19H21BrClNO. The maximum Gasteiger partial charge on any atom is 0.141 e. The predicted molar refractivity (Wildman–Crippen MR) is 102 cm³/mol. The topological polar surface area (TPSA) is 12.5 Å². The number of halogens is 2. The molecule has 0 N–H and O–H groups in total. The number of fused-ring (bicyclic) bond motifs is 2. The van der Waals surface area contributed by atoms with E-state index in [4.69, 9.17) is 4.74 Å². The minimum atomic E-state index is 0. The van der Waals surface area contributed by atoms with Gasteiger partial charge < -0.3 is 9.64 Å². The van der Waals surface area contributed by atoms with Crippen molar-refractivity contribution in [3.05, 3.63) is 69.7 Å². The Balaban J connectivity index is 0.00000192. The second kappa shape index (κ2) is 8.00. The van der Waals surface area contributed by atoms with E-state index in [0.717, 1.165) is 28.8 Å². The summed E-state index contributed by atoms with van der Waals surface area (Å²) in [6.45, 7) is 1.65. The van der Waals surface area contributed by atoms with E-state index in [-0.39, 0.29) is 12.4 Å². The fraction of sp³-hybridized carbons (Fsp3) is 0.263. The van der Waals surface area contributed by atoms with Crippen LogP contribution in [0.2, 0.25) is 0 Å². The highest BCUT2D eigenvalue weighted by molar-refractivity contribution is 9.10. The van der Waals surface area contributed by atoms with Crippen molar-refractivity contribution < 1.29 is 4.74 Å². The zero-order chi connectivity index (χ0) is 15.5. The third-order valence-corrected chi connectivity index (χ3v) is 4.49. The van der Waals surface area contributed by atoms with Gasteiger partial charge in [-0.3, -0.25) is 0 Å². The summed E-state index contributed by atoms with van der Waals surface area (Å²) in [6, 6.07) is 14.8. The summed E-state index contributed by atoms with van der Waals surface area (Å²) in [5, 5.41) is 0. The van der Waals surface area contributed by atoms with Crippen molar-refractivity contribution in [3.63, 3.8) is 0 Å². The van der Waals surface area contributed by atoms with Crippen LogP contribution >= 0.6 is 28.3 Å². The van der Waals surface area contributed by atoms with Crippen LogP contribution in [0.1, 0.15) is 23.1 Å². The van der Waals surface area contributed by atoms with Gasteiger partial charge >= 0.3 is 0 Å². The summed E-state index contributed by atoms with van der Waals surface area (Å²) >= 11 is 3.62. The monoisotopic (exact) mass is 393 g/mol. The van der Waals surface area contributed by atoms with Crippen LogP contribution < -0.4 is 4.74 Å². The van der Waals surface area contributed by atoms with Crippen molar-refractivity contribution >= 4 is 33.9 Å². The van der Waals surface area contributed by atoms with E-state index in [1.165, 1.54) is 16.7 Å². The number of rotatable bonds is 3. The molecule has 0 aliphatic carbocycles. The summed E-state index contributed by atoms with van der Waals surface area (Å²) in [6.07, 6.45) is 3.35. The van der Waals surface area contributed by atoms with Crippen LogP contribution in [0.5, 0.6) is 5.75 Å². The summed E-state index contributed by atoms with van der Waals surface area (Å²) < 4.78 is 7.08. The molecule has 0 spiro atoms. The van der Waals surface area contributed by atoms with Gasteiger partial charge in [-0.25, -0.2) is 0 Å². The van der Waals surface area contributed by atoms with E-state index >= 15 is 0 Å². The van der Waals surface area contributed by atoms with Crippen LogP contribution in [-0.4, -0.2) is 25.5 Å². The molecule has 2 nitrogen and oxygen atoms in total. The molecule has 0 saturated heterocycles. The lowest BCUT2D eigenvalue weighted by Gasteiger charge is -2.13. The highest BCUT2D eigenvalue weighted by Crippen LogP contribution is 2.40. The van der Waals surface area contributed by atoms with Crippen molar-refractivity contribution in [1.29, 1.82) is 0 Å². The average Bonchev–Trinajstić information content (AvgIpc) is 2.66. The molecule has 0 saturated carbocycles. The summed E-state index contributed by atoms with van der Waals surface area (Å²) in [5.41, 5.74) is 4.95. The second-order valence-corrected chi connectivity index (χ2v) is 6.63. The third kappa shape index (κ3) is 3.97. The smallest absolute Gasteiger partial charge is 0.141 e. The molecule has 2 aromatic rings. The van der Waals surface area contributed by atoms with Gasteiger partial charge in [0.2, 0.25) is 0 Å². The zero-order valence-electron chi connectivity index (χ0n) is 13.4. The average molecular weight is 395 g/mol. The fourth-order valence-electron chi connectivity index (χ4n) is 2.76. The number of para-hydroxylation sites is 1. The van der Waals surface area contributed by atoms with E-state index in [1.54, 1.807) is 0 Å². The van der Waals surface area contributed by atoms with Crippen molar-refractivity contribution in [1.82, 2.24) is 4.90 Å². The van der Waals surface area contributed by atoms with Gasteiger partial charge in [0.1, 0.15) is 12.4 Å². The molecule has 0 aromatic heterocycles. The van der Waals surface area contributed by atoms with Crippen molar-refractivity contribution in [3.8, 4) is 5.75 Å². The Morgan fingerprint density at radius 2 is 1.83 bits per heavy atom. The first kappa shape index (κ1) is 18.1. The molecule has 2 aromatic carbocycles. The zero-order valence-corrected chi connectivity index (χ0v) is 15.8. The Morgan fingerprint density at radius 1 is 1.09 bits per heavy atom. The number of benzene rings is 2. The first-order chi connectivity index (χ1) is 10.7. The number of nitrogens with zero attached hydrogens (tertiary/aromatic N) is 1. The minimum Gasteiger partial charge on any atom is -0.487 e. The molecule has 122 valence electrons. The van der Waals surface area contributed by atoms with E-state index in [2.05, 4.69) is 77.4 Å². The number of ether oxygens (including phenoxy) is 1. The van der Waals surface area contributed by atoms with Crippen molar-refractivity contribution in [2.45, 2.75) is 13.0 Å². The minimum absolute atomic E-state index is 0. The van der Waals surface area contributed by atoms with Gasteiger partial charge in [-0.1, -0.05) is 42.5 Å². The van der Waals surface area contributed by atoms with Gasteiger partial charge in [-0.2, -0.15) is 0 Å². The van der Waals surface area contributed by atoms with E-state index in [0.29, 0.717) is 6.61 Å². The molecule has 3 rings (SSSR count). The summed E-state index contributed by atoms with van der Waals surface area (Å²) in [7, 11) is 4.21. The molecular weight excluding hydrogens is 374 g/mol. The predicted octanol–water partition coefficient (Wildman–Crippen LogP) is 5.15. The first-order valence-electron chi connectivity index (χ1n) is 7.51. The van der Waals surface area contributed by atoms with Crippen LogP contribution in [0.15, 0.2) is 53.0 Å². The summed E-state index contributed by atoms with van der Waals surface area (Å²) in [4.78, 5) is 2.21. The van der Waals surface area contributed by atoms with Crippen LogP contribution in [0, 0.1) is 0 Å². The molecule has 0 atom stereocenters. The lowest BCUT2D eigenvalue weighted by molar-refractivity contribution is 0.305. The third-order valence-electron chi connectivity index (χ3n) is 3.86. The van der Waals surface area contributed by atoms with Crippen LogP contribution in [-0.2, 0) is 6.61 Å². The Bertz CT molecular complexity index is 712. The summed E-state index contributed by atoms with van der Waals surface area (Å²) in [5.74, 6) is 0.940. The number of hydrogen-bond donors (Lipinski definition) is 0. The Morgan fingerprint density at radius 3 is 2.61 bits per heavy atom. The second-order valence-electron chi connectivity index (χ2n) is 5.77. The Kier molecular flexibility index (Phi) is 6.28. The van der Waals surface area contributed by atoms with E-state index in [9.17, 15) is 0 Å². The van der Waals surface area contributed by atoms with Gasteiger partial charge in [0.05, 0.1) is 4.47 Å². The molecule has 1 heterocycles. The van der Waals surface area contributed by atoms with E-state index in [1.807, 2.05) is 6.07 Å². The normalized spacial score (nSPS) is 14.5. The van der Waals surface area contributed by atoms with E-state index < -0.39 is 0 Å². The molecule has 0 radical (unpaired) electrons. The molecule has 0 unspecified atom stereocenters. The van der Waals surface area contributed by atoms with Crippen LogP contribution in [0.4, 0.5) is 0 Å². The quantitative estimate of drug-likeness (QED) is 0.714. The maximum absolute atomic E-state index is 6.07. The lowest BCUT2D eigenvalue weighted by Crippen LogP contribution is -2.12. The molecule has 4 heteroatoms. The first-order valence-corrected chi connectivity index (χ1v) is 8.31. The van der Waals surface area contributed by atoms with Gasteiger partial charge in [0.25, 0.3) is 0 Å². The SMILES string of the molecule is CN(C)CC/C=C1\c2ccccc2COc2c(Br)cccc21.Cl. The van der Waals surface area contributed by atoms with Crippen LogP contribution in [0.25, 0.3) is 5.57 Å². The molecule has 1 aliphatic heterocycles. The van der Waals surface area contributed by atoms with Gasteiger partial charge in [-0.15, -0.1) is 12.4 Å². The van der Waals surface area contributed by atoms with Gasteiger partial charge in [0, 0.05) is 12.1 Å². The largest absolute Gasteiger partial charge is 0.487 e. The molecule has 23 heavy (non-hydrogen) atoms. The standard InChI is InChI=1S/C19H20BrNO.ClH/c1-21(2)12-6-10-16-15-8-4-3-7-14(15)13-22-19-17(16)9-5-11-18(19)20;/h3-5,7-11H,6,12-13H2,1-2H3;1H/b16-10+;. The van der Waals surface area contributed by atoms with Crippen molar-refractivity contribution in [2.75, 3.05) is 20.6 Å². The van der Waals surface area contributed by atoms with Crippen LogP contribution in [0.3, 0.4) is 0 Å². The fourth-order valence-corrected chi connectivity index (χ4v) is 3.24. The molecule has 0 bridgehead atoms. The lowest BCUT2D eigenvalue weighted by atomic mass is 9.93. The highest BCUT2D eigenvalue weighted by Gasteiger charge is 2.20.